The lowest BCUT2D eigenvalue weighted by Crippen LogP contribution is -2.34. The van der Waals surface area contributed by atoms with Crippen molar-refractivity contribution >= 4 is 11.7 Å². The van der Waals surface area contributed by atoms with Crippen LogP contribution in [-0.4, -0.2) is 12.1 Å². The quantitative estimate of drug-likeness (QED) is 0.806. The summed E-state index contributed by atoms with van der Waals surface area (Å²) in [5.41, 5.74) is 2.04. The van der Waals surface area contributed by atoms with Crippen molar-refractivity contribution in [3.8, 4) is 0 Å². The van der Waals surface area contributed by atoms with E-state index < -0.39 is 0 Å². The average Bonchev–Trinajstić information content (AvgIpc) is 2.16. The molecule has 0 spiro atoms. The Balaban J connectivity index is 2.77. The molecular weight excluding hydrogens is 200 g/mol. The van der Waals surface area contributed by atoms with Gasteiger partial charge in [0.15, 0.2) is 0 Å². The van der Waals surface area contributed by atoms with Gasteiger partial charge >= 0.3 is 6.03 Å². The van der Waals surface area contributed by atoms with Gasteiger partial charge in [0.1, 0.15) is 0 Å². The largest absolute Gasteiger partial charge is 0.336 e. The van der Waals surface area contributed by atoms with E-state index in [1.807, 2.05) is 38.1 Å². The van der Waals surface area contributed by atoms with Gasteiger partial charge in [0.05, 0.1) is 0 Å². The fourth-order valence-electron chi connectivity index (χ4n) is 1.53. The van der Waals surface area contributed by atoms with E-state index in [2.05, 4.69) is 24.5 Å². The van der Waals surface area contributed by atoms with Gasteiger partial charge in [0.2, 0.25) is 0 Å². The fraction of sp³-hybridized carbons (Fsp3) is 0.462. The first-order valence-corrected chi connectivity index (χ1v) is 5.67. The highest BCUT2D eigenvalue weighted by Crippen LogP contribution is 2.23. The van der Waals surface area contributed by atoms with Gasteiger partial charge in [-0.2, -0.15) is 0 Å². The lowest BCUT2D eigenvalue weighted by molar-refractivity contribution is 0.250. The fourth-order valence-corrected chi connectivity index (χ4v) is 1.53. The number of amides is 2. The maximum atomic E-state index is 11.6. The minimum Gasteiger partial charge on any atom is -0.336 e. The van der Waals surface area contributed by atoms with Crippen molar-refractivity contribution in [1.82, 2.24) is 5.32 Å². The van der Waals surface area contributed by atoms with E-state index >= 15 is 0 Å². The van der Waals surface area contributed by atoms with E-state index in [1.165, 1.54) is 0 Å². The summed E-state index contributed by atoms with van der Waals surface area (Å²) in [6.07, 6.45) is 0. The summed E-state index contributed by atoms with van der Waals surface area (Å²) in [5.74, 6) is 0.399. The van der Waals surface area contributed by atoms with Crippen molar-refractivity contribution in [3.63, 3.8) is 0 Å². The topological polar surface area (TPSA) is 41.1 Å². The zero-order chi connectivity index (χ0) is 12.1. The molecule has 88 valence electrons. The van der Waals surface area contributed by atoms with Gasteiger partial charge in [-0.1, -0.05) is 32.0 Å². The molecule has 0 bridgehead atoms. The molecule has 2 N–H and O–H groups in total. The molecule has 0 unspecified atom stereocenters. The predicted octanol–water partition coefficient (Wildman–Crippen LogP) is 3.34. The summed E-state index contributed by atoms with van der Waals surface area (Å²) in [6.45, 7) is 8.10. The Morgan fingerprint density at radius 2 is 1.75 bits per heavy atom. The summed E-state index contributed by atoms with van der Waals surface area (Å²) in [6, 6.07) is 7.87. The van der Waals surface area contributed by atoms with Gasteiger partial charge in [-0.15, -0.1) is 0 Å². The summed E-state index contributed by atoms with van der Waals surface area (Å²) >= 11 is 0. The summed E-state index contributed by atoms with van der Waals surface area (Å²) in [4.78, 5) is 11.6. The highest BCUT2D eigenvalue weighted by molar-refractivity contribution is 5.90. The van der Waals surface area contributed by atoms with Crippen LogP contribution in [0.15, 0.2) is 24.3 Å². The zero-order valence-electron chi connectivity index (χ0n) is 10.4. The number of carbonyl (C=O) groups excluding carboxylic acids is 1. The van der Waals surface area contributed by atoms with Crippen molar-refractivity contribution in [1.29, 1.82) is 0 Å². The van der Waals surface area contributed by atoms with Gasteiger partial charge in [-0.3, -0.25) is 0 Å². The van der Waals surface area contributed by atoms with Crippen molar-refractivity contribution in [3.05, 3.63) is 29.8 Å². The van der Waals surface area contributed by atoms with Gasteiger partial charge in [-0.25, -0.2) is 4.79 Å². The average molecular weight is 220 g/mol. The van der Waals surface area contributed by atoms with Gasteiger partial charge in [0, 0.05) is 11.7 Å². The second-order valence-electron chi connectivity index (χ2n) is 4.50. The number of hydrogen-bond acceptors (Lipinski definition) is 1. The SMILES string of the molecule is CC(C)NC(=O)Nc1ccccc1C(C)C. The second kappa shape index (κ2) is 5.54. The lowest BCUT2D eigenvalue weighted by atomic mass is 10.0. The molecule has 0 saturated heterocycles. The highest BCUT2D eigenvalue weighted by Gasteiger charge is 2.08. The number of benzene rings is 1. The van der Waals surface area contributed by atoms with E-state index in [0.717, 1.165) is 11.3 Å². The number of carbonyl (C=O) groups is 1. The van der Waals surface area contributed by atoms with Crippen LogP contribution in [0.2, 0.25) is 0 Å². The van der Waals surface area contributed by atoms with Crippen LogP contribution in [0, 0.1) is 0 Å². The van der Waals surface area contributed by atoms with Crippen LogP contribution in [0.5, 0.6) is 0 Å². The molecule has 0 saturated carbocycles. The molecule has 0 aliphatic rings. The normalized spacial score (nSPS) is 10.6. The van der Waals surface area contributed by atoms with Crippen molar-refractivity contribution in [2.75, 3.05) is 5.32 Å². The molecule has 0 aliphatic heterocycles. The lowest BCUT2D eigenvalue weighted by Gasteiger charge is -2.15. The Hall–Kier alpha value is -1.51. The van der Waals surface area contributed by atoms with Crippen LogP contribution >= 0.6 is 0 Å². The monoisotopic (exact) mass is 220 g/mol. The van der Waals surface area contributed by atoms with Crippen molar-refractivity contribution in [2.24, 2.45) is 0 Å². The Labute approximate surface area is 97.2 Å². The number of anilines is 1. The molecule has 0 heterocycles. The van der Waals surface area contributed by atoms with Gasteiger partial charge < -0.3 is 10.6 Å². The molecule has 1 aromatic rings. The molecule has 3 heteroatoms. The molecule has 0 aliphatic carbocycles. The number of hydrogen-bond donors (Lipinski definition) is 2. The van der Waals surface area contributed by atoms with Crippen LogP contribution in [0.1, 0.15) is 39.2 Å². The Morgan fingerprint density at radius 1 is 1.12 bits per heavy atom. The van der Waals surface area contributed by atoms with E-state index in [1.54, 1.807) is 0 Å². The van der Waals surface area contributed by atoms with Crippen LogP contribution in [0.4, 0.5) is 10.5 Å². The highest BCUT2D eigenvalue weighted by atomic mass is 16.2. The maximum Gasteiger partial charge on any atom is 0.319 e. The zero-order valence-corrected chi connectivity index (χ0v) is 10.4. The number of para-hydroxylation sites is 1. The molecule has 0 fully saturated rings. The molecule has 16 heavy (non-hydrogen) atoms. The minimum absolute atomic E-state index is 0.145. The Kier molecular flexibility index (Phi) is 4.35. The Bertz CT molecular complexity index is 359. The van der Waals surface area contributed by atoms with E-state index in [0.29, 0.717) is 5.92 Å². The minimum atomic E-state index is -0.150. The standard InChI is InChI=1S/C13H20N2O/c1-9(2)11-7-5-6-8-12(11)15-13(16)14-10(3)4/h5-10H,1-4H3,(H2,14,15,16). The van der Waals surface area contributed by atoms with Crippen LogP contribution in [-0.2, 0) is 0 Å². The smallest absolute Gasteiger partial charge is 0.319 e. The van der Waals surface area contributed by atoms with Crippen molar-refractivity contribution < 1.29 is 4.79 Å². The van der Waals surface area contributed by atoms with E-state index in [4.69, 9.17) is 0 Å². The molecule has 1 aromatic carbocycles. The summed E-state index contributed by atoms with van der Waals surface area (Å²) < 4.78 is 0. The molecule has 0 radical (unpaired) electrons. The van der Waals surface area contributed by atoms with Gasteiger partial charge in [0.25, 0.3) is 0 Å². The van der Waals surface area contributed by atoms with Crippen molar-refractivity contribution in [2.45, 2.75) is 39.7 Å². The third kappa shape index (κ3) is 3.57. The van der Waals surface area contributed by atoms with E-state index in [-0.39, 0.29) is 12.1 Å². The third-order valence-corrected chi connectivity index (χ3v) is 2.25. The molecule has 2 amide bonds. The molecule has 3 nitrogen and oxygen atoms in total. The summed E-state index contributed by atoms with van der Waals surface area (Å²) in [5, 5.41) is 5.68. The molecule has 0 atom stereocenters. The number of nitrogens with one attached hydrogen (secondary N) is 2. The number of rotatable bonds is 3. The Morgan fingerprint density at radius 3 is 2.31 bits per heavy atom. The molecule has 1 rings (SSSR count). The molecular formula is C13H20N2O. The van der Waals surface area contributed by atoms with Crippen LogP contribution in [0.3, 0.4) is 0 Å². The maximum absolute atomic E-state index is 11.6. The van der Waals surface area contributed by atoms with Gasteiger partial charge in [-0.05, 0) is 31.4 Å². The first kappa shape index (κ1) is 12.6. The second-order valence-corrected chi connectivity index (χ2v) is 4.50. The first-order valence-electron chi connectivity index (χ1n) is 5.67. The van der Waals surface area contributed by atoms with E-state index in [9.17, 15) is 4.79 Å². The van der Waals surface area contributed by atoms with Crippen LogP contribution < -0.4 is 10.6 Å². The first-order chi connectivity index (χ1) is 7.50. The van der Waals surface area contributed by atoms with Crippen LogP contribution in [0.25, 0.3) is 0 Å². The third-order valence-electron chi connectivity index (χ3n) is 2.25. The number of urea groups is 1. The predicted molar refractivity (Wildman–Crippen MR) is 67.8 cm³/mol. The molecule has 0 aromatic heterocycles. The summed E-state index contributed by atoms with van der Waals surface area (Å²) in [7, 11) is 0.